The predicted molar refractivity (Wildman–Crippen MR) is 0 cm³/mol. The molecule has 0 heterocycles. The molecule has 0 atom stereocenters. The molecule has 0 aromatic carbocycles. The molecule has 0 rings (SSSR count). The number of hydrogen-bond acceptors (Lipinski definition) is 0. The summed E-state index contributed by atoms with van der Waals surface area (Å²) in [5.74, 6) is 0. The van der Waals surface area contributed by atoms with Crippen LogP contribution in [0.3, 0.4) is 0 Å². The Balaban J connectivity index is 0. The van der Waals surface area contributed by atoms with Crippen LogP contribution in [0, 0.1) is 0 Å². The second-order valence-corrected chi connectivity index (χ2v) is 0. The quantitative estimate of drug-likeness (QED) is 0.382. The molecule has 0 spiro atoms. The standard InChI is InChI=1S/Au.3Na/q4*+1. The van der Waals surface area contributed by atoms with E-state index in [1.807, 2.05) is 0 Å². The van der Waals surface area contributed by atoms with E-state index >= 15 is 0 Å². The molecule has 10 valence electrons. The van der Waals surface area contributed by atoms with Crippen molar-refractivity contribution in [3.05, 3.63) is 0 Å². The second kappa shape index (κ2) is 15.9. The van der Waals surface area contributed by atoms with E-state index in [0.717, 1.165) is 0 Å². The van der Waals surface area contributed by atoms with Crippen LogP contribution in [0.5, 0.6) is 0 Å². The molecule has 0 aliphatic heterocycles. The molecular weight excluding hydrogens is 266 g/mol. The van der Waals surface area contributed by atoms with Crippen LogP contribution < -0.4 is 88.7 Å². The van der Waals surface area contributed by atoms with Gasteiger partial charge in [0.15, 0.2) is 0 Å². The Bertz CT molecular complexity index is 3.25. The van der Waals surface area contributed by atoms with Gasteiger partial charge in [0, 0.05) is 0 Å². The van der Waals surface area contributed by atoms with E-state index in [0.29, 0.717) is 0 Å². The van der Waals surface area contributed by atoms with Crippen molar-refractivity contribution in [1.82, 2.24) is 0 Å². The molecule has 0 saturated heterocycles. The van der Waals surface area contributed by atoms with Gasteiger partial charge in [-0.1, -0.05) is 0 Å². The van der Waals surface area contributed by atoms with Crippen molar-refractivity contribution in [2.24, 2.45) is 0 Å². The molecule has 0 radical (unpaired) electrons. The molecule has 0 nitrogen and oxygen atoms in total. The third-order valence-corrected chi connectivity index (χ3v) is 0. The molecule has 0 aromatic heterocycles. The van der Waals surface area contributed by atoms with Crippen molar-refractivity contribution in [3.8, 4) is 0 Å². The van der Waals surface area contributed by atoms with Gasteiger partial charge >= 0.3 is 111 Å². The molecule has 4 heavy (non-hydrogen) atoms. The summed E-state index contributed by atoms with van der Waals surface area (Å²) in [5.41, 5.74) is 0. The van der Waals surface area contributed by atoms with Crippen molar-refractivity contribution in [2.45, 2.75) is 0 Å². The third-order valence-electron chi connectivity index (χ3n) is 0. The molecule has 0 aromatic rings. The first-order valence-corrected chi connectivity index (χ1v) is 0. The van der Waals surface area contributed by atoms with Crippen LogP contribution in [0.1, 0.15) is 0 Å². The van der Waals surface area contributed by atoms with Crippen molar-refractivity contribution in [3.63, 3.8) is 0 Å². The van der Waals surface area contributed by atoms with E-state index in [4.69, 9.17) is 0 Å². The van der Waals surface area contributed by atoms with E-state index in [1.54, 1.807) is 0 Å². The molecule has 0 amide bonds. The van der Waals surface area contributed by atoms with Crippen LogP contribution >= 0.6 is 0 Å². The molecular formula is AuNa3+4. The molecule has 0 unspecified atom stereocenters. The zero-order valence-electron chi connectivity index (χ0n) is 3.30. The molecule has 0 aliphatic carbocycles. The summed E-state index contributed by atoms with van der Waals surface area (Å²) in [4.78, 5) is 0. The molecule has 0 N–H and O–H groups in total. The van der Waals surface area contributed by atoms with E-state index in [1.165, 1.54) is 0 Å². The van der Waals surface area contributed by atoms with Gasteiger partial charge in [0.1, 0.15) is 0 Å². The van der Waals surface area contributed by atoms with Gasteiger partial charge in [0.05, 0.1) is 0 Å². The summed E-state index contributed by atoms with van der Waals surface area (Å²) in [5, 5.41) is 0. The molecule has 0 bridgehead atoms. The van der Waals surface area contributed by atoms with Crippen molar-refractivity contribution in [2.75, 3.05) is 0 Å². The second-order valence-electron chi connectivity index (χ2n) is 0. The Morgan fingerprint density at radius 3 is 0.500 bits per heavy atom. The van der Waals surface area contributed by atoms with Crippen molar-refractivity contribution < 1.29 is 111 Å². The first-order valence-electron chi connectivity index (χ1n) is 0. The van der Waals surface area contributed by atoms with Crippen LogP contribution in [0.4, 0.5) is 0 Å². The average molecular weight is 266 g/mol. The normalized spacial score (nSPS) is 0. The summed E-state index contributed by atoms with van der Waals surface area (Å²) < 4.78 is 0. The van der Waals surface area contributed by atoms with Crippen LogP contribution in [-0.2, 0) is 22.4 Å². The van der Waals surface area contributed by atoms with Crippen molar-refractivity contribution >= 4 is 0 Å². The van der Waals surface area contributed by atoms with Gasteiger partial charge in [0.25, 0.3) is 0 Å². The van der Waals surface area contributed by atoms with E-state index in [-0.39, 0.29) is 111 Å². The van der Waals surface area contributed by atoms with E-state index in [9.17, 15) is 0 Å². The summed E-state index contributed by atoms with van der Waals surface area (Å²) in [6.07, 6.45) is 0. The maximum absolute atomic E-state index is 0. The fraction of sp³-hybridized carbons (Fsp3) is 0. The third kappa shape index (κ3) is 9.22. The molecule has 0 saturated carbocycles. The zero-order valence-corrected chi connectivity index (χ0v) is 11.5. The maximum atomic E-state index is 0. The Morgan fingerprint density at radius 2 is 0.500 bits per heavy atom. The van der Waals surface area contributed by atoms with Gasteiger partial charge < -0.3 is 0 Å². The van der Waals surface area contributed by atoms with Crippen LogP contribution in [0.2, 0.25) is 0 Å². The minimum Gasteiger partial charge on any atom is 1.00 e. The van der Waals surface area contributed by atoms with Gasteiger partial charge in [-0.2, -0.15) is 0 Å². The Morgan fingerprint density at radius 1 is 0.500 bits per heavy atom. The van der Waals surface area contributed by atoms with E-state index in [2.05, 4.69) is 0 Å². The van der Waals surface area contributed by atoms with Gasteiger partial charge in [-0.3, -0.25) is 0 Å². The number of hydrogen-bond donors (Lipinski definition) is 0. The fourth-order valence-corrected chi connectivity index (χ4v) is 0. The van der Waals surface area contributed by atoms with Gasteiger partial charge in [0.2, 0.25) is 0 Å². The summed E-state index contributed by atoms with van der Waals surface area (Å²) in [6.45, 7) is 0. The largest absolute Gasteiger partial charge is 1.00 e. The topological polar surface area (TPSA) is 0 Å². The van der Waals surface area contributed by atoms with Crippen LogP contribution in [0.15, 0.2) is 0 Å². The summed E-state index contributed by atoms with van der Waals surface area (Å²) >= 11 is 0. The smallest absolute Gasteiger partial charge is 1.00 e. The fourth-order valence-electron chi connectivity index (χ4n) is 0. The minimum atomic E-state index is 0. The van der Waals surface area contributed by atoms with E-state index < -0.39 is 0 Å². The minimum absolute atomic E-state index is 0. The SMILES string of the molecule is [Au+].[Na+].[Na+].[Na+]. The maximum Gasteiger partial charge on any atom is 1.00 e. The first kappa shape index (κ1) is 25.1. The van der Waals surface area contributed by atoms with Gasteiger partial charge in [-0.15, -0.1) is 0 Å². The Labute approximate surface area is 108 Å². The average Bonchev–Trinajstić information content (AvgIpc) is 0. The predicted octanol–water partition coefficient (Wildman–Crippen LogP) is -8.99. The Hall–Kier alpha value is 3.74. The molecule has 0 fully saturated rings. The Kier molecular flexibility index (Phi) is 99.8. The zero-order chi connectivity index (χ0) is 0. The van der Waals surface area contributed by atoms with Crippen molar-refractivity contribution in [1.29, 1.82) is 0 Å². The summed E-state index contributed by atoms with van der Waals surface area (Å²) in [6, 6.07) is 0. The van der Waals surface area contributed by atoms with Crippen LogP contribution in [-0.4, -0.2) is 0 Å². The number of rotatable bonds is 0. The summed E-state index contributed by atoms with van der Waals surface area (Å²) in [7, 11) is 0. The van der Waals surface area contributed by atoms with Crippen LogP contribution in [0.25, 0.3) is 0 Å². The monoisotopic (exact) mass is 266 g/mol. The van der Waals surface area contributed by atoms with Gasteiger partial charge in [-0.05, 0) is 0 Å². The molecule has 0 aliphatic rings. The van der Waals surface area contributed by atoms with Gasteiger partial charge in [-0.25, -0.2) is 0 Å². The molecule has 4 heteroatoms. The first-order chi connectivity index (χ1) is 0.